The maximum atomic E-state index is 14.0. The number of carbonyl (C=O) groups excluding carboxylic acids is 3. The Kier molecular flexibility index (Phi) is 5.53. The van der Waals surface area contributed by atoms with Crippen LogP contribution < -0.4 is 15.0 Å². The second-order valence-electron chi connectivity index (χ2n) is 8.35. The fourth-order valence-electron chi connectivity index (χ4n) is 4.80. The van der Waals surface area contributed by atoms with Gasteiger partial charge in [-0.25, -0.2) is 0 Å². The highest BCUT2D eigenvalue weighted by atomic mass is 16.5. The summed E-state index contributed by atoms with van der Waals surface area (Å²) < 4.78 is 5.48. The largest absolute Gasteiger partial charge is 0.494 e. The fraction of sp³-hybridized carbons (Fsp3) is 0.222. The van der Waals surface area contributed by atoms with Crippen molar-refractivity contribution in [3.8, 4) is 5.75 Å². The number of benzene rings is 3. The highest BCUT2D eigenvalue weighted by Gasteiger charge is 2.60. The smallest absolute Gasteiger partial charge is 0.271 e. The van der Waals surface area contributed by atoms with E-state index in [1.54, 1.807) is 53.4 Å². The summed E-state index contributed by atoms with van der Waals surface area (Å²) in [7, 11) is 0. The average Bonchev–Trinajstić information content (AvgIpc) is 3.22. The van der Waals surface area contributed by atoms with E-state index in [1.165, 1.54) is 4.90 Å². The highest BCUT2D eigenvalue weighted by Crippen LogP contribution is 2.45. The Hall–Kier alpha value is -4.13. The molecule has 1 saturated heterocycles. The zero-order valence-corrected chi connectivity index (χ0v) is 18.9. The van der Waals surface area contributed by atoms with E-state index in [4.69, 9.17) is 4.74 Å². The molecule has 2 aliphatic rings. The Labute approximate surface area is 197 Å². The molecule has 1 N–H and O–H groups in total. The van der Waals surface area contributed by atoms with Gasteiger partial charge in [0.25, 0.3) is 11.8 Å². The number of hydrogen-bond acceptors (Lipinski definition) is 4. The van der Waals surface area contributed by atoms with E-state index in [0.29, 0.717) is 29.3 Å². The van der Waals surface area contributed by atoms with E-state index < -0.39 is 11.6 Å². The van der Waals surface area contributed by atoms with Gasteiger partial charge < -0.3 is 15.0 Å². The second kappa shape index (κ2) is 8.67. The lowest BCUT2D eigenvalue weighted by Gasteiger charge is -2.49. The Bertz CT molecular complexity index is 1240. The third-order valence-corrected chi connectivity index (χ3v) is 6.34. The van der Waals surface area contributed by atoms with Gasteiger partial charge in [0.05, 0.1) is 17.9 Å². The summed E-state index contributed by atoms with van der Waals surface area (Å²) in [4.78, 5) is 43.9. The van der Waals surface area contributed by atoms with Gasteiger partial charge in [0.2, 0.25) is 11.6 Å². The lowest BCUT2D eigenvalue weighted by atomic mass is 9.94. The third-order valence-electron chi connectivity index (χ3n) is 6.34. The summed E-state index contributed by atoms with van der Waals surface area (Å²) in [6.45, 7) is 2.65. The number of hydrogen-bond donors (Lipinski definition) is 1. The molecular formula is C27H25N3O4. The van der Waals surface area contributed by atoms with Crippen molar-refractivity contribution in [2.45, 2.75) is 32.0 Å². The molecule has 2 aliphatic heterocycles. The molecule has 3 aromatic carbocycles. The summed E-state index contributed by atoms with van der Waals surface area (Å²) in [6.07, 6.45) is 0.380. The number of rotatable bonds is 6. The van der Waals surface area contributed by atoms with Crippen LogP contribution in [0, 0.1) is 0 Å². The molecule has 1 atom stereocenters. The van der Waals surface area contributed by atoms with Crippen LogP contribution in [0.4, 0.5) is 11.4 Å². The topological polar surface area (TPSA) is 79.0 Å². The molecule has 0 bridgehead atoms. The van der Waals surface area contributed by atoms with E-state index in [0.717, 1.165) is 5.56 Å². The van der Waals surface area contributed by atoms with Gasteiger partial charge in [0.15, 0.2) is 0 Å². The quantitative estimate of drug-likeness (QED) is 0.604. The Morgan fingerprint density at radius 3 is 2.41 bits per heavy atom. The highest BCUT2D eigenvalue weighted by molar-refractivity contribution is 6.18. The SMILES string of the molecule is CCOc1ccc(NC(=O)[C@@]23CCC(=O)N2c2ccccc2C(=O)N3Cc2ccccc2)cc1. The normalized spacial score (nSPS) is 19.0. The zero-order valence-electron chi connectivity index (χ0n) is 18.9. The molecule has 2 heterocycles. The second-order valence-corrected chi connectivity index (χ2v) is 8.35. The third kappa shape index (κ3) is 3.50. The predicted molar refractivity (Wildman–Crippen MR) is 128 cm³/mol. The van der Waals surface area contributed by atoms with Crippen molar-refractivity contribution in [2.75, 3.05) is 16.8 Å². The molecule has 0 aromatic heterocycles. The summed E-state index contributed by atoms with van der Waals surface area (Å²) in [5, 5.41) is 2.95. The van der Waals surface area contributed by atoms with Crippen molar-refractivity contribution in [2.24, 2.45) is 0 Å². The van der Waals surface area contributed by atoms with Gasteiger partial charge in [-0.15, -0.1) is 0 Å². The summed E-state index contributed by atoms with van der Waals surface area (Å²) in [5.41, 5.74) is 0.868. The van der Waals surface area contributed by atoms with Crippen molar-refractivity contribution < 1.29 is 19.1 Å². The molecule has 7 nitrogen and oxygen atoms in total. The lowest BCUT2D eigenvalue weighted by molar-refractivity contribution is -0.129. The molecule has 0 unspecified atom stereocenters. The van der Waals surface area contributed by atoms with E-state index in [-0.39, 0.29) is 31.2 Å². The van der Waals surface area contributed by atoms with Gasteiger partial charge in [0, 0.05) is 25.1 Å². The Morgan fingerprint density at radius 2 is 1.68 bits per heavy atom. The standard InChI is InChI=1S/C27H25N3O4/c1-2-34-21-14-12-20(13-15-21)28-26(33)27-17-16-24(31)30(27)23-11-7-6-10-22(23)25(32)29(27)18-19-8-4-3-5-9-19/h3-15H,2,16-18H2,1H3,(H,28,33)/t27-/m1/s1. The Balaban J connectivity index is 1.58. The fourth-order valence-corrected chi connectivity index (χ4v) is 4.80. The van der Waals surface area contributed by atoms with E-state index in [1.807, 2.05) is 37.3 Å². The number of nitrogens with one attached hydrogen (secondary N) is 1. The van der Waals surface area contributed by atoms with Crippen LogP contribution in [0.3, 0.4) is 0 Å². The molecule has 0 radical (unpaired) electrons. The molecule has 3 aromatic rings. The maximum absolute atomic E-state index is 14.0. The molecule has 0 aliphatic carbocycles. The number of anilines is 2. The van der Waals surface area contributed by atoms with Crippen molar-refractivity contribution >= 4 is 29.1 Å². The number of carbonyl (C=O) groups is 3. The van der Waals surface area contributed by atoms with Gasteiger partial charge in [-0.3, -0.25) is 19.3 Å². The van der Waals surface area contributed by atoms with Gasteiger partial charge in [0.1, 0.15) is 5.75 Å². The van der Waals surface area contributed by atoms with Gasteiger partial charge in [-0.1, -0.05) is 42.5 Å². The molecule has 1 fully saturated rings. The van der Waals surface area contributed by atoms with Gasteiger partial charge in [-0.05, 0) is 48.9 Å². The first-order valence-electron chi connectivity index (χ1n) is 11.4. The number of para-hydroxylation sites is 1. The minimum absolute atomic E-state index is 0.170. The summed E-state index contributed by atoms with van der Waals surface area (Å²) in [5.74, 6) is -0.169. The van der Waals surface area contributed by atoms with Crippen LogP contribution in [0.5, 0.6) is 5.75 Å². The number of ether oxygens (including phenoxy) is 1. The molecule has 5 rings (SSSR count). The Morgan fingerprint density at radius 1 is 0.971 bits per heavy atom. The monoisotopic (exact) mass is 455 g/mol. The first-order valence-corrected chi connectivity index (χ1v) is 11.4. The number of amides is 3. The molecule has 7 heteroatoms. The summed E-state index contributed by atoms with van der Waals surface area (Å²) >= 11 is 0. The van der Waals surface area contributed by atoms with E-state index >= 15 is 0 Å². The maximum Gasteiger partial charge on any atom is 0.271 e. The molecular weight excluding hydrogens is 430 g/mol. The van der Waals surface area contributed by atoms with Crippen molar-refractivity contribution in [1.82, 2.24) is 4.90 Å². The van der Waals surface area contributed by atoms with Crippen LogP contribution in [0.2, 0.25) is 0 Å². The lowest BCUT2D eigenvalue weighted by Crippen LogP contribution is -2.69. The van der Waals surface area contributed by atoms with E-state index in [9.17, 15) is 14.4 Å². The molecule has 0 spiro atoms. The van der Waals surface area contributed by atoms with Crippen LogP contribution in [0.15, 0.2) is 78.9 Å². The van der Waals surface area contributed by atoms with Gasteiger partial charge in [-0.2, -0.15) is 0 Å². The summed E-state index contributed by atoms with van der Waals surface area (Å²) in [6, 6.07) is 23.5. The van der Waals surface area contributed by atoms with Crippen molar-refractivity contribution in [1.29, 1.82) is 0 Å². The molecule has 0 saturated carbocycles. The first kappa shape index (κ1) is 21.7. The number of fused-ring (bicyclic) bond motifs is 3. The first-order chi connectivity index (χ1) is 16.5. The van der Waals surface area contributed by atoms with E-state index in [2.05, 4.69) is 5.32 Å². The molecule has 34 heavy (non-hydrogen) atoms. The molecule has 172 valence electrons. The van der Waals surface area contributed by atoms with Crippen LogP contribution in [0.25, 0.3) is 0 Å². The molecule has 3 amide bonds. The van der Waals surface area contributed by atoms with Crippen molar-refractivity contribution in [3.05, 3.63) is 90.0 Å². The van der Waals surface area contributed by atoms with Crippen LogP contribution in [-0.4, -0.2) is 34.9 Å². The van der Waals surface area contributed by atoms with Gasteiger partial charge >= 0.3 is 0 Å². The zero-order chi connectivity index (χ0) is 23.7. The minimum Gasteiger partial charge on any atom is -0.494 e. The van der Waals surface area contributed by atoms with Crippen LogP contribution in [-0.2, 0) is 16.1 Å². The average molecular weight is 456 g/mol. The minimum atomic E-state index is -1.46. The van der Waals surface area contributed by atoms with Crippen LogP contribution in [0.1, 0.15) is 35.7 Å². The van der Waals surface area contributed by atoms with Crippen molar-refractivity contribution in [3.63, 3.8) is 0 Å². The number of nitrogens with zero attached hydrogens (tertiary/aromatic N) is 2. The predicted octanol–water partition coefficient (Wildman–Crippen LogP) is 4.20. The van der Waals surface area contributed by atoms with Crippen LogP contribution >= 0.6 is 0 Å².